The van der Waals surface area contributed by atoms with Gasteiger partial charge in [0.25, 0.3) is 0 Å². The number of amides is 1. The zero-order valence-electron chi connectivity index (χ0n) is 9.20. The molecule has 0 aliphatic rings. The number of sulfonamides is 1. The molecule has 0 saturated heterocycles. The minimum absolute atomic E-state index is 0.00894. The Morgan fingerprint density at radius 1 is 1.40 bits per heavy atom. The third-order valence-corrected chi connectivity index (χ3v) is 3.24. The molecular weight excluding hydrogens is 220 g/mol. The fraction of sp³-hybridized carbons (Fsp3) is 0.875. The van der Waals surface area contributed by atoms with E-state index in [-0.39, 0.29) is 18.2 Å². The second-order valence-electron chi connectivity index (χ2n) is 3.83. The molecule has 0 bridgehead atoms. The first-order valence-electron chi connectivity index (χ1n) is 4.55. The van der Waals surface area contributed by atoms with Gasteiger partial charge in [0, 0.05) is 13.6 Å². The molecule has 1 amide bonds. The van der Waals surface area contributed by atoms with Crippen molar-refractivity contribution >= 4 is 15.9 Å². The van der Waals surface area contributed by atoms with Crippen LogP contribution in [0.15, 0.2) is 0 Å². The fourth-order valence-electron chi connectivity index (χ4n) is 0.901. The first-order chi connectivity index (χ1) is 6.75. The molecular formula is C8H18N2O4S. The van der Waals surface area contributed by atoms with Gasteiger partial charge in [-0.2, -0.15) is 0 Å². The maximum atomic E-state index is 11.3. The molecule has 7 heteroatoms. The van der Waals surface area contributed by atoms with Gasteiger partial charge in [-0.1, -0.05) is 0 Å². The maximum Gasteiger partial charge on any atom is 0.226 e. The smallest absolute Gasteiger partial charge is 0.226 e. The molecule has 0 spiro atoms. The van der Waals surface area contributed by atoms with Gasteiger partial charge in [0.1, 0.15) is 0 Å². The van der Waals surface area contributed by atoms with E-state index in [1.165, 1.54) is 7.05 Å². The second kappa shape index (κ2) is 5.43. The Balaban J connectivity index is 4.33. The van der Waals surface area contributed by atoms with E-state index in [2.05, 4.69) is 10.0 Å². The Morgan fingerprint density at radius 2 is 1.93 bits per heavy atom. The van der Waals surface area contributed by atoms with Crippen molar-refractivity contribution < 1.29 is 18.3 Å². The minimum atomic E-state index is -3.49. The minimum Gasteiger partial charge on any atom is -0.395 e. The van der Waals surface area contributed by atoms with Gasteiger partial charge < -0.3 is 10.4 Å². The van der Waals surface area contributed by atoms with Crippen LogP contribution in [0.4, 0.5) is 0 Å². The van der Waals surface area contributed by atoms with Crippen LogP contribution in [0.2, 0.25) is 0 Å². The molecule has 0 saturated carbocycles. The van der Waals surface area contributed by atoms with Crippen LogP contribution >= 0.6 is 0 Å². The summed E-state index contributed by atoms with van der Waals surface area (Å²) >= 11 is 0. The molecule has 0 rings (SSSR count). The highest BCUT2D eigenvalue weighted by atomic mass is 32.2. The summed E-state index contributed by atoms with van der Waals surface area (Å²) in [6.45, 7) is 2.84. The van der Waals surface area contributed by atoms with E-state index in [4.69, 9.17) is 5.11 Å². The van der Waals surface area contributed by atoms with E-state index >= 15 is 0 Å². The van der Waals surface area contributed by atoms with Crippen molar-refractivity contribution in [1.29, 1.82) is 0 Å². The Kier molecular flexibility index (Phi) is 5.19. The number of hydrogen-bond donors (Lipinski definition) is 3. The average Bonchev–Trinajstić information content (AvgIpc) is 2.14. The van der Waals surface area contributed by atoms with Gasteiger partial charge in [-0.05, 0) is 13.8 Å². The molecule has 0 aliphatic heterocycles. The summed E-state index contributed by atoms with van der Waals surface area (Å²) in [4.78, 5) is 11.3. The molecule has 90 valence electrons. The molecule has 0 aromatic carbocycles. The largest absolute Gasteiger partial charge is 0.395 e. The lowest BCUT2D eigenvalue weighted by molar-refractivity contribution is -0.128. The van der Waals surface area contributed by atoms with E-state index in [1.54, 1.807) is 13.8 Å². The Labute approximate surface area is 90.1 Å². The highest BCUT2D eigenvalue weighted by molar-refractivity contribution is 7.89. The zero-order valence-corrected chi connectivity index (χ0v) is 10.0. The topological polar surface area (TPSA) is 95.5 Å². The van der Waals surface area contributed by atoms with Crippen molar-refractivity contribution in [3.63, 3.8) is 0 Å². The normalized spacial score (nSPS) is 12.5. The van der Waals surface area contributed by atoms with Crippen LogP contribution in [-0.4, -0.2) is 45.4 Å². The van der Waals surface area contributed by atoms with Crippen LogP contribution < -0.4 is 10.0 Å². The van der Waals surface area contributed by atoms with Gasteiger partial charge in [0.2, 0.25) is 15.9 Å². The molecule has 0 aromatic rings. The molecule has 3 N–H and O–H groups in total. The summed E-state index contributed by atoms with van der Waals surface area (Å²) in [5.74, 6) is -0.592. The summed E-state index contributed by atoms with van der Waals surface area (Å²) < 4.78 is 24.6. The van der Waals surface area contributed by atoms with Crippen LogP contribution in [0.1, 0.15) is 13.8 Å². The summed E-state index contributed by atoms with van der Waals surface area (Å²) in [6.07, 6.45) is 0. The molecule has 6 nitrogen and oxygen atoms in total. The number of carbonyl (C=O) groups is 1. The molecule has 0 unspecified atom stereocenters. The summed E-state index contributed by atoms with van der Waals surface area (Å²) in [6, 6.07) is 0. The van der Waals surface area contributed by atoms with E-state index < -0.39 is 22.0 Å². The SMILES string of the molecule is CNC(=O)C(C)(C)CNS(=O)(=O)CCO. The monoisotopic (exact) mass is 238 g/mol. The van der Waals surface area contributed by atoms with E-state index in [0.29, 0.717) is 0 Å². The van der Waals surface area contributed by atoms with Crippen molar-refractivity contribution in [2.45, 2.75) is 13.8 Å². The number of rotatable bonds is 6. The van der Waals surface area contributed by atoms with Gasteiger partial charge >= 0.3 is 0 Å². The number of nitrogens with one attached hydrogen (secondary N) is 2. The van der Waals surface area contributed by atoms with Crippen molar-refractivity contribution in [2.75, 3.05) is 26.0 Å². The van der Waals surface area contributed by atoms with Gasteiger partial charge in [0.15, 0.2) is 0 Å². The van der Waals surface area contributed by atoms with E-state index in [1.807, 2.05) is 0 Å². The first-order valence-corrected chi connectivity index (χ1v) is 6.21. The van der Waals surface area contributed by atoms with Crippen molar-refractivity contribution in [2.24, 2.45) is 5.41 Å². The Bertz CT molecular complexity index is 311. The fourth-order valence-corrected chi connectivity index (χ4v) is 1.87. The number of aliphatic hydroxyl groups excluding tert-OH is 1. The van der Waals surface area contributed by atoms with E-state index in [0.717, 1.165) is 0 Å². The standard InChI is InChI=1S/C8H18N2O4S/c1-8(2,7(12)9-3)6-10-15(13,14)5-4-11/h10-11H,4-6H2,1-3H3,(H,9,12). The second-order valence-corrected chi connectivity index (χ2v) is 5.75. The molecule has 0 aliphatic carbocycles. The van der Waals surface area contributed by atoms with Crippen LogP contribution in [0.25, 0.3) is 0 Å². The quantitative estimate of drug-likeness (QED) is 0.534. The molecule has 0 radical (unpaired) electrons. The molecule has 0 atom stereocenters. The molecule has 0 aromatic heterocycles. The lowest BCUT2D eigenvalue weighted by Crippen LogP contribution is -2.44. The van der Waals surface area contributed by atoms with Gasteiger partial charge in [-0.25, -0.2) is 13.1 Å². The lowest BCUT2D eigenvalue weighted by atomic mass is 9.93. The summed E-state index contributed by atoms with van der Waals surface area (Å²) in [5, 5.41) is 10.9. The van der Waals surface area contributed by atoms with Crippen molar-refractivity contribution in [3.05, 3.63) is 0 Å². The lowest BCUT2D eigenvalue weighted by Gasteiger charge is -2.22. The van der Waals surface area contributed by atoms with Gasteiger partial charge in [-0.15, -0.1) is 0 Å². The average molecular weight is 238 g/mol. The molecule has 15 heavy (non-hydrogen) atoms. The van der Waals surface area contributed by atoms with Crippen LogP contribution in [0.3, 0.4) is 0 Å². The summed E-state index contributed by atoms with van der Waals surface area (Å²) in [5.41, 5.74) is -0.808. The van der Waals surface area contributed by atoms with Gasteiger partial charge in [-0.3, -0.25) is 4.79 Å². The van der Waals surface area contributed by atoms with Crippen molar-refractivity contribution in [1.82, 2.24) is 10.0 Å². The van der Waals surface area contributed by atoms with Crippen LogP contribution in [0.5, 0.6) is 0 Å². The van der Waals surface area contributed by atoms with Crippen LogP contribution in [-0.2, 0) is 14.8 Å². The highest BCUT2D eigenvalue weighted by Crippen LogP contribution is 2.13. The van der Waals surface area contributed by atoms with Crippen LogP contribution in [0, 0.1) is 5.41 Å². The zero-order chi connectivity index (χ0) is 12.1. The Morgan fingerprint density at radius 3 is 2.33 bits per heavy atom. The number of carbonyl (C=O) groups excluding carboxylic acids is 1. The highest BCUT2D eigenvalue weighted by Gasteiger charge is 2.28. The summed E-state index contributed by atoms with van der Waals surface area (Å²) in [7, 11) is -1.99. The molecule has 0 heterocycles. The maximum absolute atomic E-state index is 11.3. The Hall–Kier alpha value is -0.660. The third kappa shape index (κ3) is 5.10. The number of hydrogen-bond acceptors (Lipinski definition) is 4. The predicted octanol–water partition coefficient (Wildman–Crippen LogP) is -1.33. The van der Waals surface area contributed by atoms with E-state index in [9.17, 15) is 13.2 Å². The molecule has 0 fully saturated rings. The van der Waals surface area contributed by atoms with Crippen molar-refractivity contribution in [3.8, 4) is 0 Å². The predicted molar refractivity (Wildman–Crippen MR) is 56.7 cm³/mol. The first kappa shape index (κ1) is 14.3. The third-order valence-electron chi connectivity index (χ3n) is 1.94. The van der Waals surface area contributed by atoms with Gasteiger partial charge in [0.05, 0.1) is 17.8 Å². The number of aliphatic hydroxyl groups is 1.